The number of hydrogen-bond acceptors (Lipinski definition) is 4. The zero-order chi connectivity index (χ0) is 19.0. The zero-order valence-corrected chi connectivity index (χ0v) is 14.9. The molecule has 1 aromatic carbocycles. The molecule has 140 valence electrons. The molecule has 0 spiro atoms. The molecule has 2 aromatic heterocycles. The van der Waals surface area contributed by atoms with Gasteiger partial charge >= 0.3 is 5.97 Å². The number of fused-ring (bicyclic) bond motifs is 1. The molecule has 0 amide bonds. The van der Waals surface area contributed by atoms with E-state index in [1.54, 1.807) is 0 Å². The summed E-state index contributed by atoms with van der Waals surface area (Å²) in [7, 11) is 0. The summed E-state index contributed by atoms with van der Waals surface area (Å²) in [6.45, 7) is 3.79. The Hall–Kier alpha value is -2.90. The number of carbonyl (C=O) groups is 1. The number of nitrogens with zero attached hydrogens (tertiary/aromatic N) is 1. The first-order chi connectivity index (χ1) is 13.1. The average molecular weight is 368 g/mol. The van der Waals surface area contributed by atoms with Crippen molar-refractivity contribution >= 4 is 16.9 Å². The van der Waals surface area contributed by atoms with Crippen molar-refractivity contribution in [2.75, 3.05) is 13.2 Å². The first-order valence-corrected chi connectivity index (χ1v) is 8.88. The van der Waals surface area contributed by atoms with Gasteiger partial charge in [-0.15, -0.1) is 0 Å². The lowest BCUT2D eigenvalue weighted by molar-refractivity contribution is -0.0517. The summed E-state index contributed by atoms with van der Waals surface area (Å²) in [6, 6.07) is 9.37. The van der Waals surface area contributed by atoms with Crippen LogP contribution in [-0.2, 0) is 22.4 Å². The van der Waals surface area contributed by atoms with Crippen molar-refractivity contribution in [1.82, 2.24) is 9.55 Å². The monoisotopic (exact) mass is 368 g/mol. The molecule has 3 heterocycles. The molecule has 1 fully saturated rings. The van der Waals surface area contributed by atoms with Gasteiger partial charge in [-0.05, 0) is 41.8 Å². The molecule has 27 heavy (non-hydrogen) atoms. The van der Waals surface area contributed by atoms with Gasteiger partial charge in [-0.1, -0.05) is 13.0 Å². The number of aromatic amines is 1. The Morgan fingerprint density at radius 2 is 2.04 bits per heavy atom. The number of benzene rings is 1. The quantitative estimate of drug-likeness (QED) is 0.722. The van der Waals surface area contributed by atoms with E-state index in [2.05, 4.69) is 9.55 Å². The van der Waals surface area contributed by atoms with Crippen LogP contribution in [0.25, 0.3) is 22.2 Å². The second-order valence-electron chi connectivity index (χ2n) is 6.48. The summed E-state index contributed by atoms with van der Waals surface area (Å²) < 4.78 is 13.1. The van der Waals surface area contributed by atoms with E-state index in [9.17, 15) is 9.59 Å². The Labute approximate surface area is 155 Å². The molecule has 4 rings (SSSR count). The second kappa shape index (κ2) is 7.02. The predicted octanol–water partition coefficient (Wildman–Crippen LogP) is 2.63. The number of hydrogen-bond donors (Lipinski definition) is 2. The van der Waals surface area contributed by atoms with Crippen molar-refractivity contribution in [2.45, 2.75) is 26.2 Å². The lowest BCUT2D eigenvalue weighted by Gasteiger charge is -2.12. The van der Waals surface area contributed by atoms with E-state index in [1.807, 2.05) is 37.4 Å². The SMILES string of the molecule is CCc1cc(C(=O)O)c(=O)[nH]c1-c1ccc2c(ccn2CC2OCCO2)c1. The third-order valence-corrected chi connectivity index (χ3v) is 4.83. The fraction of sp³-hybridized carbons (Fsp3) is 0.300. The van der Waals surface area contributed by atoms with Crippen LogP contribution in [0.2, 0.25) is 0 Å². The maximum atomic E-state index is 12.1. The van der Waals surface area contributed by atoms with Crippen LogP contribution in [0.5, 0.6) is 0 Å². The molecule has 1 aliphatic heterocycles. The molecule has 0 radical (unpaired) electrons. The van der Waals surface area contributed by atoms with Gasteiger partial charge in [-0.25, -0.2) is 4.79 Å². The number of aromatic carboxylic acids is 1. The minimum atomic E-state index is -1.22. The fourth-order valence-electron chi connectivity index (χ4n) is 3.46. The highest BCUT2D eigenvalue weighted by atomic mass is 16.7. The molecule has 0 bridgehead atoms. The van der Waals surface area contributed by atoms with Crippen LogP contribution in [-0.4, -0.2) is 40.1 Å². The van der Waals surface area contributed by atoms with E-state index in [-0.39, 0.29) is 11.9 Å². The maximum Gasteiger partial charge on any atom is 0.341 e. The first-order valence-electron chi connectivity index (χ1n) is 8.88. The Morgan fingerprint density at radius 1 is 1.26 bits per heavy atom. The molecule has 7 nitrogen and oxygen atoms in total. The molecule has 1 saturated heterocycles. The van der Waals surface area contributed by atoms with Gasteiger partial charge in [-0.3, -0.25) is 4.79 Å². The number of pyridine rings is 1. The lowest BCUT2D eigenvalue weighted by atomic mass is 10.0. The first kappa shape index (κ1) is 17.5. The Bertz CT molecular complexity index is 1060. The Morgan fingerprint density at radius 3 is 2.74 bits per heavy atom. The molecule has 1 aliphatic rings. The highest BCUT2D eigenvalue weighted by molar-refractivity contribution is 5.89. The third kappa shape index (κ3) is 3.27. The molecule has 2 N–H and O–H groups in total. The van der Waals surface area contributed by atoms with Crippen LogP contribution in [0, 0.1) is 0 Å². The van der Waals surface area contributed by atoms with Gasteiger partial charge in [0.1, 0.15) is 5.56 Å². The molecule has 7 heteroatoms. The van der Waals surface area contributed by atoms with Gasteiger partial charge in [-0.2, -0.15) is 0 Å². The van der Waals surface area contributed by atoms with E-state index < -0.39 is 11.5 Å². The number of aryl methyl sites for hydroxylation is 1. The molecule has 0 unspecified atom stereocenters. The minimum absolute atomic E-state index is 0.230. The molecule has 3 aromatic rings. The van der Waals surface area contributed by atoms with Crippen molar-refractivity contribution < 1.29 is 19.4 Å². The van der Waals surface area contributed by atoms with E-state index in [0.717, 1.165) is 22.0 Å². The van der Waals surface area contributed by atoms with E-state index >= 15 is 0 Å². The zero-order valence-electron chi connectivity index (χ0n) is 14.9. The highest BCUT2D eigenvalue weighted by Gasteiger charge is 2.18. The van der Waals surface area contributed by atoms with E-state index in [1.165, 1.54) is 6.07 Å². The molecule has 0 saturated carbocycles. The number of carboxylic acid groups (broad SMARTS) is 1. The van der Waals surface area contributed by atoms with Crippen LogP contribution >= 0.6 is 0 Å². The fourth-order valence-corrected chi connectivity index (χ4v) is 3.46. The number of rotatable bonds is 5. The van der Waals surface area contributed by atoms with Crippen LogP contribution in [0.1, 0.15) is 22.8 Å². The summed E-state index contributed by atoms with van der Waals surface area (Å²) in [6.07, 6.45) is 2.37. The largest absolute Gasteiger partial charge is 0.477 e. The van der Waals surface area contributed by atoms with Crippen LogP contribution in [0.4, 0.5) is 0 Å². The summed E-state index contributed by atoms with van der Waals surface area (Å²) in [5, 5.41) is 10.2. The minimum Gasteiger partial charge on any atom is -0.477 e. The van der Waals surface area contributed by atoms with Crippen molar-refractivity contribution in [3.05, 3.63) is 58.0 Å². The third-order valence-electron chi connectivity index (χ3n) is 4.83. The van der Waals surface area contributed by atoms with Gasteiger partial charge in [0, 0.05) is 17.1 Å². The molecule has 0 atom stereocenters. The van der Waals surface area contributed by atoms with Gasteiger partial charge in [0.2, 0.25) is 0 Å². The number of H-pyrrole nitrogens is 1. The highest BCUT2D eigenvalue weighted by Crippen LogP contribution is 2.27. The predicted molar refractivity (Wildman–Crippen MR) is 100 cm³/mol. The van der Waals surface area contributed by atoms with Gasteiger partial charge in [0.15, 0.2) is 6.29 Å². The smallest absolute Gasteiger partial charge is 0.341 e. The topological polar surface area (TPSA) is 93.6 Å². The Kier molecular flexibility index (Phi) is 4.55. The molecule has 0 aliphatic carbocycles. The van der Waals surface area contributed by atoms with Crippen LogP contribution in [0.3, 0.4) is 0 Å². The van der Waals surface area contributed by atoms with E-state index in [0.29, 0.717) is 31.9 Å². The van der Waals surface area contributed by atoms with Gasteiger partial charge in [0.25, 0.3) is 5.56 Å². The van der Waals surface area contributed by atoms with Crippen LogP contribution in [0.15, 0.2) is 41.3 Å². The van der Waals surface area contributed by atoms with E-state index in [4.69, 9.17) is 14.6 Å². The van der Waals surface area contributed by atoms with Gasteiger partial charge < -0.3 is 24.1 Å². The molecular weight excluding hydrogens is 348 g/mol. The van der Waals surface area contributed by atoms with Crippen LogP contribution < -0.4 is 5.56 Å². The second-order valence-corrected chi connectivity index (χ2v) is 6.48. The normalized spacial score (nSPS) is 14.9. The summed E-state index contributed by atoms with van der Waals surface area (Å²) in [5.41, 5.74) is 2.50. The number of carboxylic acids is 1. The maximum absolute atomic E-state index is 12.1. The summed E-state index contributed by atoms with van der Waals surface area (Å²) >= 11 is 0. The summed E-state index contributed by atoms with van der Waals surface area (Å²) in [5.74, 6) is -1.22. The van der Waals surface area contributed by atoms with Crippen molar-refractivity contribution in [1.29, 1.82) is 0 Å². The van der Waals surface area contributed by atoms with Crippen molar-refractivity contribution in [3.8, 4) is 11.3 Å². The average Bonchev–Trinajstić information content (AvgIpc) is 3.31. The number of nitrogens with one attached hydrogen (secondary N) is 1. The standard InChI is InChI=1S/C20H20N2O5/c1-2-12-10-15(20(24)25)19(23)21-18(12)14-3-4-16-13(9-14)5-6-22(16)11-17-26-7-8-27-17/h3-6,9-10,17H,2,7-8,11H2,1H3,(H,21,23)(H,24,25). The molecular formula is C20H20N2O5. The number of aromatic nitrogens is 2. The van der Waals surface area contributed by atoms with Gasteiger partial charge in [0.05, 0.1) is 25.5 Å². The lowest BCUT2D eigenvalue weighted by Crippen LogP contribution is -2.19. The number of ether oxygens (including phenoxy) is 2. The van der Waals surface area contributed by atoms with Crippen molar-refractivity contribution in [3.63, 3.8) is 0 Å². The Balaban J connectivity index is 1.73. The van der Waals surface area contributed by atoms with Crippen molar-refractivity contribution in [2.24, 2.45) is 0 Å². The summed E-state index contributed by atoms with van der Waals surface area (Å²) in [4.78, 5) is 26.1.